The number of aromatic nitrogens is 1. The van der Waals surface area contributed by atoms with Crippen LogP contribution in [0, 0.1) is 18.6 Å². The third-order valence-electron chi connectivity index (χ3n) is 3.11. The van der Waals surface area contributed by atoms with Crippen molar-refractivity contribution in [3.8, 4) is 11.6 Å². The summed E-state index contributed by atoms with van der Waals surface area (Å²) in [4.78, 5) is 3.66. The second-order valence-electron chi connectivity index (χ2n) is 5.03. The predicted octanol–water partition coefficient (Wildman–Crippen LogP) is 3.87. The van der Waals surface area contributed by atoms with Gasteiger partial charge in [0.2, 0.25) is 0 Å². The lowest BCUT2D eigenvalue weighted by molar-refractivity contribution is 0.417. The van der Waals surface area contributed by atoms with Crippen molar-refractivity contribution in [3.63, 3.8) is 0 Å². The van der Waals surface area contributed by atoms with Gasteiger partial charge < -0.3 is 10.2 Å². The van der Waals surface area contributed by atoms with E-state index in [4.69, 9.17) is 10.6 Å². The zero-order valence-electron chi connectivity index (χ0n) is 12.1. The molecule has 0 radical (unpaired) electrons. The molecule has 2 aromatic rings. The fraction of sp³-hybridized carbons (Fsp3) is 0.267. The molecule has 1 heterocycles. The summed E-state index contributed by atoms with van der Waals surface area (Å²) in [5.41, 5.74) is 4.26. The minimum Gasteiger partial charge on any atom is -0.436 e. The second kappa shape index (κ2) is 6.05. The Morgan fingerprint density at radius 1 is 1.19 bits per heavy atom. The summed E-state index contributed by atoms with van der Waals surface area (Å²) in [5, 5.41) is 0. The third kappa shape index (κ3) is 3.28. The molecule has 0 amide bonds. The number of nitrogens with one attached hydrogen (secondary N) is 1. The molecule has 0 aliphatic rings. The van der Waals surface area contributed by atoms with Crippen molar-refractivity contribution in [2.75, 3.05) is 5.43 Å². The van der Waals surface area contributed by atoms with Crippen LogP contribution < -0.4 is 16.0 Å². The Hall–Kier alpha value is -2.21. The number of nitrogens with zero attached hydrogens (tertiary/aromatic N) is 1. The highest BCUT2D eigenvalue weighted by Gasteiger charge is 2.14. The number of halogens is 2. The molecule has 0 atom stereocenters. The molecular weight excluding hydrogens is 276 g/mol. The van der Waals surface area contributed by atoms with Gasteiger partial charge in [0.1, 0.15) is 5.75 Å². The van der Waals surface area contributed by atoms with Gasteiger partial charge in [-0.15, -0.1) is 0 Å². The molecule has 1 aromatic heterocycles. The number of rotatable bonds is 4. The number of pyridine rings is 1. The van der Waals surface area contributed by atoms with E-state index < -0.39 is 11.6 Å². The van der Waals surface area contributed by atoms with E-state index in [-0.39, 0.29) is 11.7 Å². The maximum atomic E-state index is 13.7. The Bertz CT molecular complexity index is 660. The lowest BCUT2D eigenvalue weighted by Gasteiger charge is -2.12. The second-order valence-corrected chi connectivity index (χ2v) is 5.03. The molecule has 0 aliphatic heterocycles. The van der Waals surface area contributed by atoms with Crippen LogP contribution in [-0.2, 0) is 0 Å². The number of anilines is 1. The van der Waals surface area contributed by atoms with Crippen LogP contribution in [-0.4, -0.2) is 4.98 Å². The highest BCUT2D eigenvalue weighted by Crippen LogP contribution is 2.28. The first-order chi connectivity index (χ1) is 9.92. The lowest BCUT2D eigenvalue weighted by Crippen LogP contribution is -2.11. The minimum absolute atomic E-state index is 0.276. The van der Waals surface area contributed by atoms with E-state index in [9.17, 15) is 8.78 Å². The zero-order valence-corrected chi connectivity index (χ0v) is 12.1. The molecule has 3 N–H and O–H groups in total. The first-order valence-corrected chi connectivity index (χ1v) is 6.53. The molecular formula is C15H17F2N3O. The van der Waals surface area contributed by atoms with Crippen molar-refractivity contribution in [1.82, 2.24) is 4.98 Å². The van der Waals surface area contributed by atoms with Crippen LogP contribution in [0.1, 0.15) is 30.9 Å². The standard InChI is InChI=1S/C15H17F2N3O/c1-8(2)11-5-4-10(6-9(11)3)21-15-13(17)7-12(16)14(19-15)20-18/h4-8H,18H2,1-3H3,(H,19,20). The van der Waals surface area contributed by atoms with Crippen molar-refractivity contribution in [3.05, 3.63) is 47.0 Å². The van der Waals surface area contributed by atoms with Gasteiger partial charge >= 0.3 is 0 Å². The normalized spacial score (nSPS) is 10.8. The van der Waals surface area contributed by atoms with E-state index in [0.29, 0.717) is 17.7 Å². The van der Waals surface area contributed by atoms with Gasteiger partial charge in [0.15, 0.2) is 17.5 Å². The summed E-state index contributed by atoms with van der Waals surface area (Å²) in [6, 6.07) is 6.10. The molecule has 0 unspecified atom stereocenters. The summed E-state index contributed by atoms with van der Waals surface area (Å²) in [6.45, 7) is 6.12. The number of hydrogen-bond donors (Lipinski definition) is 2. The fourth-order valence-electron chi connectivity index (χ4n) is 2.09. The number of hydrazine groups is 1. The van der Waals surface area contributed by atoms with Crippen molar-refractivity contribution >= 4 is 5.82 Å². The summed E-state index contributed by atoms with van der Waals surface area (Å²) < 4.78 is 32.3. The Labute approximate surface area is 121 Å². The average Bonchev–Trinajstić information content (AvgIpc) is 2.41. The molecule has 6 heteroatoms. The molecule has 21 heavy (non-hydrogen) atoms. The smallest absolute Gasteiger partial charge is 0.258 e. The lowest BCUT2D eigenvalue weighted by atomic mass is 9.98. The number of nitrogen functional groups attached to an aromatic ring is 1. The Balaban J connectivity index is 2.32. The molecule has 0 fully saturated rings. The van der Waals surface area contributed by atoms with Crippen LogP contribution >= 0.6 is 0 Å². The van der Waals surface area contributed by atoms with Gasteiger partial charge in [-0.3, -0.25) is 0 Å². The van der Waals surface area contributed by atoms with E-state index in [1.807, 2.05) is 13.0 Å². The molecule has 2 rings (SSSR count). The molecule has 0 aliphatic carbocycles. The number of ether oxygens (including phenoxy) is 1. The van der Waals surface area contributed by atoms with E-state index in [0.717, 1.165) is 5.56 Å². The van der Waals surface area contributed by atoms with Gasteiger partial charge in [-0.2, -0.15) is 4.98 Å². The summed E-state index contributed by atoms with van der Waals surface area (Å²) >= 11 is 0. The van der Waals surface area contributed by atoms with E-state index in [2.05, 4.69) is 24.3 Å². The quantitative estimate of drug-likeness (QED) is 0.663. The van der Waals surface area contributed by atoms with Crippen molar-refractivity contribution < 1.29 is 13.5 Å². The maximum absolute atomic E-state index is 13.7. The first-order valence-electron chi connectivity index (χ1n) is 6.53. The monoisotopic (exact) mass is 293 g/mol. The predicted molar refractivity (Wildman–Crippen MR) is 77.3 cm³/mol. The van der Waals surface area contributed by atoms with Gasteiger partial charge in [0.25, 0.3) is 5.88 Å². The Kier molecular flexibility index (Phi) is 4.37. The number of hydrogen-bond acceptors (Lipinski definition) is 4. The summed E-state index contributed by atoms with van der Waals surface area (Å²) in [7, 11) is 0. The van der Waals surface area contributed by atoms with Gasteiger partial charge in [-0.05, 0) is 36.1 Å². The number of nitrogens with two attached hydrogens (primary N) is 1. The SMILES string of the molecule is Cc1cc(Oc2nc(NN)c(F)cc2F)ccc1C(C)C. The number of benzene rings is 1. The largest absolute Gasteiger partial charge is 0.436 e. The molecule has 0 saturated heterocycles. The Morgan fingerprint density at radius 2 is 1.90 bits per heavy atom. The van der Waals surface area contributed by atoms with Crippen molar-refractivity contribution in [1.29, 1.82) is 0 Å². The first kappa shape index (κ1) is 15.2. The van der Waals surface area contributed by atoms with Crippen LogP contribution in [0.25, 0.3) is 0 Å². The molecule has 0 bridgehead atoms. The van der Waals surface area contributed by atoms with Gasteiger partial charge in [-0.25, -0.2) is 14.6 Å². The average molecular weight is 293 g/mol. The molecule has 0 saturated carbocycles. The molecule has 112 valence electrons. The molecule has 1 aromatic carbocycles. The third-order valence-corrected chi connectivity index (χ3v) is 3.11. The van der Waals surface area contributed by atoms with Gasteiger partial charge in [0, 0.05) is 6.07 Å². The van der Waals surface area contributed by atoms with Crippen LogP contribution in [0.2, 0.25) is 0 Å². The van der Waals surface area contributed by atoms with Crippen molar-refractivity contribution in [2.45, 2.75) is 26.7 Å². The van der Waals surface area contributed by atoms with E-state index in [1.54, 1.807) is 12.1 Å². The minimum atomic E-state index is -0.892. The van der Waals surface area contributed by atoms with E-state index in [1.165, 1.54) is 5.56 Å². The molecule has 4 nitrogen and oxygen atoms in total. The fourth-order valence-corrected chi connectivity index (χ4v) is 2.09. The summed E-state index contributed by atoms with van der Waals surface area (Å²) in [5.74, 6) is 3.54. The van der Waals surface area contributed by atoms with E-state index >= 15 is 0 Å². The van der Waals surface area contributed by atoms with Crippen LogP contribution in [0.5, 0.6) is 11.6 Å². The van der Waals surface area contributed by atoms with Gasteiger partial charge in [0.05, 0.1) is 0 Å². The van der Waals surface area contributed by atoms with Crippen molar-refractivity contribution in [2.24, 2.45) is 5.84 Å². The van der Waals surface area contributed by atoms with Gasteiger partial charge in [-0.1, -0.05) is 19.9 Å². The van der Waals surface area contributed by atoms with Crippen LogP contribution in [0.4, 0.5) is 14.6 Å². The van der Waals surface area contributed by atoms with Crippen LogP contribution in [0.15, 0.2) is 24.3 Å². The topological polar surface area (TPSA) is 60.2 Å². The molecule has 0 spiro atoms. The van der Waals surface area contributed by atoms with Crippen LogP contribution in [0.3, 0.4) is 0 Å². The Morgan fingerprint density at radius 3 is 2.48 bits per heavy atom. The summed E-state index contributed by atoms with van der Waals surface area (Å²) in [6.07, 6.45) is 0. The number of aryl methyl sites for hydroxylation is 1. The highest BCUT2D eigenvalue weighted by molar-refractivity contribution is 5.41. The zero-order chi connectivity index (χ0) is 15.6. The maximum Gasteiger partial charge on any atom is 0.258 e. The highest BCUT2D eigenvalue weighted by atomic mass is 19.1.